The number of halogens is 1. The van der Waals surface area contributed by atoms with Crippen LogP contribution in [0.25, 0.3) is 0 Å². The second kappa shape index (κ2) is 8.43. The number of sulfonamides is 1. The highest BCUT2D eigenvalue weighted by Gasteiger charge is 2.23. The number of nitrogens with zero attached hydrogens (tertiary/aromatic N) is 1. The molecule has 8 nitrogen and oxygen atoms in total. The quantitative estimate of drug-likeness (QED) is 0.683. The summed E-state index contributed by atoms with van der Waals surface area (Å²) in [6.45, 7) is 3.33. The number of amides is 2. The maximum Gasteiger partial charge on any atom is 0.264 e. The van der Waals surface area contributed by atoms with Gasteiger partial charge >= 0.3 is 0 Å². The van der Waals surface area contributed by atoms with Crippen molar-refractivity contribution in [2.45, 2.75) is 24.8 Å². The van der Waals surface area contributed by atoms with Crippen molar-refractivity contribution < 1.29 is 22.8 Å². The number of benzene rings is 1. The minimum absolute atomic E-state index is 0.0559. The smallest absolute Gasteiger partial charge is 0.264 e. The zero-order valence-electron chi connectivity index (χ0n) is 13.8. The van der Waals surface area contributed by atoms with E-state index in [1.165, 1.54) is 26.3 Å². The van der Waals surface area contributed by atoms with Gasteiger partial charge in [-0.05, 0) is 32.0 Å². The largest absolute Gasteiger partial charge is 0.352 e. The molecule has 0 aliphatic rings. The molecule has 0 bridgehead atoms. The van der Waals surface area contributed by atoms with Gasteiger partial charge in [-0.1, -0.05) is 16.1 Å². The van der Waals surface area contributed by atoms with Crippen molar-refractivity contribution in [1.82, 2.24) is 15.1 Å². The fourth-order valence-corrected chi connectivity index (χ4v) is 2.92. The van der Waals surface area contributed by atoms with Crippen molar-refractivity contribution in [1.29, 1.82) is 0 Å². The predicted molar refractivity (Wildman–Crippen MR) is 89.0 cm³/mol. The van der Waals surface area contributed by atoms with Gasteiger partial charge in [0.15, 0.2) is 0 Å². The van der Waals surface area contributed by atoms with Crippen LogP contribution in [0, 0.1) is 0 Å². The van der Waals surface area contributed by atoms with E-state index in [0.717, 1.165) is 6.07 Å². The zero-order valence-corrected chi connectivity index (χ0v) is 15.4. The number of carbonyl (C=O) groups is 2. The second-order valence-corrected chi connectivity index (χ2v) is 7.49. The number of rotatable bonds is 7. The summed E-state index contributed by atoms with van der Waals surface area (Å²) in [4.78, 5) is 28.2. The third-order valence-electron chi connectivity index (χ3n) is 2.94. The molecular weight excluding hydrogens is 358 g/mol. The van der Waals surface area contributed by atoms with E-state index in [9.17, 15) is 18.0 Å². The molecule has 0 atom stereocenters. The van der Waals surface area contributed by atoms with Gasteiger partial charge in [0, 0.05) is 13.1 Å². The van der Waals surface area contributed by atoms with Gasteiger partial charge in [-0.2, -0.15) is 0 Å². The molecule has 0 spiro atoms. The van der Waals surface area contributed by atoms with Crippen LogP contribution >= 0.6 is 11.6 Å². The highest BCUT2D eigenvalue weighted by atomic mass is 35.5. The first-order valence-corrected chi connectivity index (χ1v) is 8.81. The highest BCUT2D eigenvalue weighted by molar-refractivity contribution is 7.89. The lowest BCUT2D eigenvalue weighted by Gasteiger charge is -2.15. The topological polar surface area (TPSA) is 105 Å². The van der Waals surface area contributed by atoms with Crippen molar-refractivity contribution in [3.8, 4) is 0 Å². The summed E-state index contributed by atoms with van der Waals surface area (Å²) in [6, 6.07) is 3.62. The minimum atomic E-state index is -3.92. The van der Waals surface area contributed by atoms with Crippen LogP contribution in [0.1, 0.15) is 24.2 Å². The SMILES string of the molecule is CON(C)S(=O)(=O)c1ccc(Cl)c(C(=O)NCC(=O)NC(C)C)c1. The number of hydroxylamine groups is 1. The van der Waals surface area contributed by atoms with Gasteiger partial charge in [0.2, 0.25) is 5.91 Å². The van der Waals surface area contributed by atoms with Gasteiger partial charge in [-0.25, -0.2) is 8.42 Å². The third kappa shape index (κ3) is 5.17. The van der Waals surface area contributed by atoms with Gasteiger partial charge in [0.05, 0.1) is 29.1 Å². The average molecular weight is 378 g/mol. The van der Waals surface area contributed by atoms with E-state index in [1.54, 1.807) is 13.8 Å². The van der Waals surface area contributed by atoms with Crippen LogP contribution in [0.5, 0.6) is 0 Å². The van der Waals surface area contributed by atoms with Gasteiger partial charge in [-0.3, -0.25) is 14.4 Å². The lowest BCUT2D eigenvalue weighted by molar-refractivity contribution is -0.120. The van der Waals surface area contributed by atoms with E-state index >= 15 is 0 Å². The van der Waals surface area contributed by atoms with Crippen LogP contribution in [0.4, 0.5) is 0 Å². The van der Waals surface area contributed by atoms with Crippen LogP contribution in [0.3, 0.4) is 0 Å². The summed E-state index contributed by atoms with van der Waals surface area (Å²) in [5.74, 6) is -1.02. The molecular formula is C14H20ClN3O5S. The summed E-state index contributed by atoms with van der Waals surface area (Å²) in [6.07, 6.45) is 0. The van der Waals surface area contributed by atoms with Gasteiger partial charge < -0.3 is 10.6 Å². The van der Waals surface area contributed by atoms with Crippen LogP contribution in [-0.4, -0.2) is 51.4 Å². The average Bonchev–Trinajstić information content (AvgIpc) is 2.51. The van der Waals surface area contributed by atoms with E-state index in [1.807, 2.05) is 0 Å². The van der Waals surface area contributed by atoms with E-state index < -0.39 is 15.9 Å². The van der Waals surface area contributed by atoms with Crippen molar-refractivity contribution in [2.75, 3.05) is 20.7 Å². The van der Waals surface area contributed by atoms with Crippen LogP contribution in [0.15, 0.2) is 23.1 Å². The standard InChI is InChI=1S/C14H20ClN3O5S/c1-9(2)17-13(19)8-16-14(20)11-7-10(5-6-12(11)15)24(21,22)18(3)23-4/h5-7,9H,8H2,1-4H3,(H,16,20)(H,17,19). The van der Waals surface area contributed by atoms with E-state index in [4.69, 9.17) is 11.6 Å². The molecule has 0 saturated carbocycles. The summed E-state index contributed by atoms with van der Waals surface area (Å²) in [5.41, 5.74) is -0.0559. The Morgan fingerprint density at radius 2 is 1.96 bits per heavy atom. The first kappa shape index (κ1) is 20.4. The summed E-state index contributed by atoms with van der Waals surface area (Å²) in [7, 11) is -1.49. The monoisotopic (exact) mass is 377 g/mol. The molecule has 0 saturated heterocycles. The first-order chi connectivity index (χ1) is 11.1. The van der Waals surface area contributed by atoms with Gasteiger partial charge in [-0.15, -0.1) is 0 Å². The minimum Gasteiger partial charge on any atom is -0.352 e. The van der Waals surface area contributed by atoms with Gasteiger partial charge in [0.1, 0.15) is 0 Å². The molecule has 0 aromatic heterocycles. The van der Waals surface area contributed by atoms with E-state index in [2.05, 4.69) is 15.5 Å². The summed E-state index contributed by atoms with van der Waals surface area (Å²) < 4.78 is 25.1. The molecule has 0 unspecified atom stereocenters. The number of hydrogen-bond donors (Lipinski definition) is 2. The Morgan fingerprint density at radius 3 is 2.50 bits per heavy atom. The van der Waals surface area contributed by atoms with Crippen LogP contribution in [0.2, 0.25) is 5.02 Å². The Balaban J connectivity index is 2.98. The molecule has 1 rings (SSSR count). The number of carbonyl (C=O) groups excluding carboxylic acids is 2. The third-order valence-corrected chi connectivity index (χ3v) is 4.94. The Bertz CT molecular complexity index is 721. The van der Waals surface area contributed by atoms with Crippen LogP contribution < -0.4 is 10.6 Å². The molecule has 134 valence electrons. The number of nitrogens with one attached hydrogen (secondary N) is 2. The fourth-order valence-electron chi connectivity index (χ4n) is 1.71. The maximum atomic E-state index is 12.2. The molecule has 24 heavy (non-hydrogen) atoms. The van der Waals surface area contributed by atoms with Crippen molar-refractivity contribution in [3.05, 3.63) is 28.8 Å². The van der Waals surface area contributed by atoms with E-state index in [-0.39, 0.29) is 34.0 Å². The normalized spacial score (nSPS) is 11.6. The molecule has 1 aromatic rings. The zero-order chi connectivity index (χ0) is 18.5. The molecule has 2 amide bonds. The first-order valence-electron chi connectivity index (χ1n) is 6.99. The maximum absolute atomic E-state index is 12.2. The Kier molecular flexibility index (Phi) is 7.15. The van der Waals surface area contributed by atoms with Crippen molar-refractivity contribution in [3.63, 3.8) is 0 Å². The lowest BCUT2D eigenvalue weighted by Crippen LogP contribution is -2.39. The van der Waals surface area contributed by atoms with Crippen molar-refractivity contribution in [2.24, 2.45) is 0 Å². The summed E-state index contributed by atoms with van der Waals surface area (Å²) in [5, 5.41) is 5.07. The Morgan fingerprint density at radius 1 is 1.33 bits per heavy atom. The lowest BCUT2D eigenvalue weighted by atomic mass is 10.2. The molecule has 2 N–H and O–H groups in total. The van der Waals surface area contributed by atoms with E-state index in [0.29, 0.717) is 4.47 Å². The van der Waals surface area contributed by atoms with Crippen molar-refractivity contribution >= 4 is 33.4 Å². The van der Waals surface area contributed by atoms with Crippen LogP contribution in [-0.2, 0) is 19.7 Å². The molecule has 0 radical (unpaired) electrons. The predicted octanol–water partition coefficient (Wildman–Crippen LogP) is 0.776. The fraction of sp³-hybridized carbons (Fsp3) is 0.429. The molecule has 0 aliphatic carbocycles. The Labute approximate surface area is 146 Å². The molecule has 0 heterocycles. The summed E-state index contributed by atoms with van der Waals surface area (Å²) >= 11 is 5.95. The Hall–Kier alpha value is -1.68. The second-order valence-electron chi connectivity index (χ2n) is 5.14. The van der Waals surface area contributed by atoms with Gasteiger partial charge in [0.25, 0.3) is 15.9 Å². The molecule has 1 aromatic carbocycles. The highest BCUT2D eigenvalue weighted by Crippen LogP contribution is 2.22. The number of hydrogen-bond acceptors (Lipinski definition) is 5. The molecule has 10 heteroatoms. The molecule has 0 fully saturated rings. The molecule has 0 aliphatic heterocycles.